The van der Waals surface area contributed by atoms with Crippen molar-refractivity contribution >= 4 is 77.7 Å². The molecule has 0 saturated heterocycles. The van der Waals surface area contributed by atoms with Crippen LogP contribution in [-0.2, 0) is 4.79 Å². The molecular weight excluding hydrogens is 601 g/mol. The number of fused-ring (bicyclic) bond motifs is 1. The molecule has 1 aromatic rings. The van der Waals surface area contributed by atoms with Crippen LogP contribution in [0, 0.1) is 0 Å². The van der Waals surface area contributed by atoms with E-state index >= 15 is 0 Å². The van der Waals surface area contributed by atoms with Gasteiger partial charge >= 0.3 is 121 Å². The number of carbonyl (C=O) groups is 1. The van der Waals surface area contributed by atoms with E-state index in [1.807, 2.05) is 24.3 Å². The van der Waals surface area contributed by atoms with Crippen LogP contribution in [0.1, 0.15) is 5.56 Å². The van der Waals surface area contributed by atoms with Gasteiger partial charge in [0.25, 0.3) is 0 Å². The molecule has 0 radical (unpaired) electrons. The number of carboxylic acids is 1. The van der Waals surface area contributed by atoms with E-state index in [0.29, 0.717) is 3.62 Å². The molecule has 1 aromatic carbocycles. The SMILES string of the molecule is O=C(O)C1=C(Br)c2ccccc2[Te]1(I)I. The van der Waals surface area contributed by atoms with Crippen LogP contribution in [0.15, 0.2) is 27.9 Å². The van der Waals surface area contributed by atoms with Gasteiger partial charge in [0.1, 0.15) is 0 Å². The van der Waals surface area contributed by atoms with Crippen LogP contribution < -0.4 is 3.61 Å². The summed E-state index contributed by atoms with van der Waals surface area (Å²) in [4.78, 5) is 11.2. The third kappa shape index (κ3) is 2.01. The molecule has 0 saturated carbocycles. The molecule has 80 valence electrons. The second-order valence-electron chi connectivity index (χ2n) is 2.91. The maximum absolute atomic E-state index is 11.2. The minimum absolute atomic E-state index is 0.597. The predicted octanol–water partition coefficient (Wildman–Crippen LogP) is 2.95. The molecule has 0 aromatic heterocycles. The fraction of sp³-hybridized carbons (Fsp3) is 0. The van der Waals surface area contributed by atoms with Crippen LogP contribution >= 0.6 is 53.3 Å². The number of hydrogen-bond donors (Lipinski definition) is 1. The Bertz CT molecular complexity index is 485. The first-order chi connectivity index (χ1) is 6.96. The first-order valence-electron chi connectivity index (χ1n) is 3.91. The van der Waals surface area contributed by atoms with E-state index in [0.717, 1.165) is 10.0 Å². The van der Waals surface area contributed by atoms with Crippen LogP contribution in [0.3, 0.4) is 0 Å². The first-order valence-corrected chi connectivity index (χ1v) is 20.6. The van der Waals surface area contributed by atoms with Crippen LogP contribution in [0.2, 0.25) is 0 Å². The van der Waals surface area contributed by atoms with Crippen molar-refractivity contribution in [3.05, 3.63) is 33.4 Å². The summed E-state index contributed by atoms with van der Waals surface area (Å²) >= 11 is 8.13. The van der Waals surface area contributed by atoms with Crippen molar-refractivity contribution in [3.8, 4) is 0 Å². The summed E-state index contributed by atoms with van der Waals surface area (Å²) in [7, 11) is -2.61. The summed E-state index contributed by atoms with van der Waals surface area (Å²) < 4.78 is 2.60. The Morgan fingerprint density at radius 2 is 1.93 bits per heavy atom. The van der Waals surface area contributed by atoms with Gasteiger partial charge in [0.15, 0.2) is 0 Å². The molecule has 2 nitrogen and oxygen atoms in total. The average Bonchev–Trinajstić information content (AvgIpc) is 2.36. The summed E-state index contributed by atoms with van der Waals surface area (Å²) in [6.07, 6.45) is 0. The van der Waals surface area contributed by atoms with Crippen molar-refractivity contribution in [1.82, 2.24) is 0 Å². The molecule has 0 bridgehead atoms. The fourth-order valence-electron chi connectivity index (χ4n) is 1.42. The second kappa shape index (κ2) is 4.44. The Morgan fingerprint density at radius 1 is 1.33 bits per heavy atom. The molecular formula is C9H5BrI2O2Te. The fourth-order valence-corrected chi connectivity index (χ4v) is 22.9. The summed E-state index contributed by atoms with van der Waals surface area (Å²) in [6.45, 7) is 0. The summed E-state index contributed by atoms with van der Waals surface area (Å²) in [5.74, 6) is -0.789. The summed E-state index contributed by atoms with van der Waals surface area (Å²) in [5.41, 5.74) is 1.06. The number of rotatable bonds is 1. The molecule has 0 aliphatic carbocycles. The van der Waals surface area contributed by atoms with E-state index in [-0.39, 0.29) is 0 Å². The van der Waals surface area contributed by atoms with Gasteiger partial charge < -0.3 is 0 Å². The van der Waals surface area contributed by atoms with Crippen molar-refractivity contribution in [3.63, 3.8) is 0 Å². The minimum atomic E-state index is -2.61. The molecule has 15 heavy (non-hydrogen) atoms. The number of aliphatic carboxylic acids is 1. The second-order valence-corrected chi connectivity index (χ2v) is 37.8. The predicted molar refractivity (Wildman–Crippen MR) is 83.4 cm³/mol. The molecule has 0 fully saturated rings. The standard InChI is InChI=1S/C9H5BrI2O2Te/c10-7-5-3-1-2-4-6(5)15(11,12)8(7)9(13)14/h1-4H,(H,13,14). The van der Waals surface area contributed by atoms with E-state index in [2.05, 4.69) is 53.3 Å². The van der Waals surface area contributed by atoms with E-state index < -0.39 is 16.3 Å². The number of halogens is 3. The zero-order chi connectivity index (χ0) is 11.2. The van der Waals surface area contributed by atoms with Gasteiger partial charge in [0.05, 0.1) is 0 Å². The van der Waals surface area contributed by atoms with Gasteiger partial charge in [0, 0.05) is 0 Å². The Balaban J connectivity index is 2.74. The van der Waals surface area contributed by atoms with Crippen molar-refractivity contribution in [2.45, 2.75) is 0 Å². The molecule has 1 heterocycles. The topological polar surface area (TPSA) is 37.3 Å². The Labute approximate surface area is 119 Å². The molecule has 6 heteroatoms. The van der Waals surface area contributed by atoms with Gasteiger partial charge in [-0.2, -0.15) is 0 Å². The van der Waals surface area contributed by atoms with Crippen molar-refractivity contribution in [2.24, 2.45) is 0 Å². The molecule has 0 spiro atoms. The molecule has 0 atom stereocenters. The van der Waals surface area contributed by atoms with Gasteiger partial charge in [0.2, 0.25) is 0 Å². The van der Waals surface area contributed by atoms with Gasteiger partial charge in [-0.25, -0.2) is 0 Å². The maximum atomic E-state index is 11.2. The molecule has 1 N–H and O–H groups in total. The van der Waals surface area contributed by atoms with Gasteiger partial charge in [-0.1, -0.05) is 0 Å². The third-order valence-electron chi connectivity index (χ3n) is 2.05. The number of benzene rings is 1. The van der Waals surface area contributed by atoms with Crippen LogP contribution in [0.25, 0.3) is 4.48 Å². The van der Waals surface area contributed by atoms with Crippen LogP contribution in [-0.4, -0.2) is 21.4 Å². The molecule has 1 aliphatic rings. The Hall–Kier alpha value is 1.16. The zero-order valence-corrected chi connectivity index (χ0v) is 15.4. The van der Waals surface area contributed by atoms with Crippen LogP contribution in [0.4, 0.5) is 0 Å². The quantitative estimate of drug-likeness (QED) is 0.395. The average molecular weight is 606 g/mol. The van der Waals surface area contributed by atoms with Gasteiger partial charge in [-0.15, -0.1) is 0 Å². The van der Waals surface area contributed by atoms with Crippen LogP contribution in [0.5, 0.6) is 0 Å². The number of carboxylic acid groups (broad SMARTS) is 1. The van der Waals surface area contributed by atoms with E-state index in [4.69, 9.17) is 0 Å². The van der Waals surface area contributed by atoms with Crippen molar-refractivity contribution in [1.29, 1.82) is 0 Å². The Kier molecular flexibility index (Phi) is 3.73. The van der Waals surface area contributed by atoms with Crippen molar-refractivity contribution < 1.29 is 9.90 Å². The molecule has 0 unspecified atom stereocenters. The van der Waals surface area contributed by atoms with Crippen molar-refractivity contribution in [2.75, 3.05) is 0 Å². The first kappa shape index (κ1) is 12.6. The zero-order valence-electron chi connectivity index (χ0n) is 7.21. The number of hydrogen-bond acceptors (Lipinski definition) is 1. The summed E-state index contributed by atoms with van der Waals surface area (Å²) in [6, 6.07) is 7.94. The normalized spacial score (nSPS) is 19.9. The van der Waals surface area contributed by atoms with Gasteiger partial charge in [-0.05, 0) is 0 Å². The molecule has 1 aliphatic heterocycles. The monoisotopic (exact) mass is 608 g/mol. The van der Waals surface area contributed by atoms with E-state index in [1.165, 1.54) is 3.61 Å². The van der Waals surface area contributed by atoms with Gasteiger partial charge in [-0.3, -0.25) is 0 Å². The summed E-state index contributed by atoms with van der Waals surface area (Å²) in [5, 5.41) is 9.24. The molecule has 2 rings (SSSR count). The van der Waals surface area contributed by atoms with E-state index in [1.54, 1.807) is 0 Å². The molecule has 0 amide bonds. The Morgan fingerprint density at radius 3 is 2.47 bits per heavy atom. The van der Waals surface area contributed by atoms with E-state index in [9.17, 15) is 9.90 Å². The third-order valence-corrected chi connectivity index (χ3v) is 21.1.